The van der Waals surface area contributed by atoms with Gasteiger partial charge in [0.25, 0.3) is 0 Å². The fourth-order valence-electron chi connectivity index (χ4n) is 2.50. The number of amides is 2. The highest BCUT2D eigenvalue weighted by atomic mass is 79.9. The lowest BCUT2D eigenvalue weighted by Crippen LogP contribution is -2.37. The molecule has 0 aliphatic carbocycles. The summed E-state index contributed by atoms with van der Waals surface area (Å²) in [4.78, 5) is 16.0. The maximum Gasteiger partial charge on any atom is 0.320 e. The smallest absolute Gasteiger partial charge is 0.320 e. The zero-order valence-corrected chi connectivity index (χ0v) is 12.9. The summed E-state index contributed by atoms with van der Waals surface area (Å²) in [5, 5.41) is 0. The van der Waals surface area contributed by atoms with Crippen LogP contribution in [0.1, 0.15) is 24.9 Å². The van der Waals surface area contributed by atoms with Gasteiger partial charge in [-0.2, -0.15) is 0 Å². The molecule has 2 N–H and O–H groups in total. The van der Waals surface area contributed by atoms with E-state index in [0.29, 0.717) is 6.54 Å². The third-order valence-corrected chi connectivity index (χ3v) is 4.28. The first-order valence-corrected chi connectivity index (χ1v) is 7.33. The van der Waals surface area contributed by atoms with E-state index in [1.165, 1.54) is 5.56 Å². The summed E-state index contributed by atoms with van der Waals surface area (Å²) in [7, 11) is 1.87. The SMILES string of the molecule is CC(CCN)N1CC(c2ccc(Br)cc2)N(C)C1=O. The number of hydrogen-bond donors (Lipinski definition) is 1. The molecule has 4 nitrogen and oxygen atoms in total. The third kappa shape index (κ3) is 2.92. The van der Waals surface area contributed by atoms with Crippen molar-refractivity contribution in [1.29, 1.82) is 0 Å². The second-order valence-electron chi connectivity index (χ2n) is 5.04. The van der Waals surface area contributed by atoms with Crippen LogP contribution in [0.3, 0.4) is 0 Å². The Bertz CT molecular complexity index is 449. The highest BCUT2D eigenvalue weighted by Gasteiger charge is 2.37. The van der Waals surface area contributed by atoms with Crippen molar-refractivity contribution in [2.24, 2.45) is 5.73 Å². The molecule has 2 amide bonds. The summed E-state index contributed by atoms with van der Waals surface area (Å²) >= 11 is 3.43. The number of nitrogens with two attached hydrogens (primary N) is 1. The zero-order valence-electron chi connectivity index (χ0n) is 11.3. The van der Waals surface area contributed by atoms with Gasteiger partial charge < -0.3 is 15.5 Å². The number of carbonyl (C=O) groups excluding carboxylic acids is 1. The highest BCUT2D eigenvalue weighted by Crippen LogP contribution is 2.30. The quantitative estimate of drug-likeness (QED) is 0.925. The largest absolute Gasteiger partial charge is 0.330 e. The maximum atomic E-state index is 12.3. The van der Waals surface area contributed by atoms with E-state index in [1.54, 1.807) is 0 Å². The molecule has 1 aromatic carbocycles. The van der Waals surface area contributed by atoms with Crippen LogP contribution in [0.4, 0.5) is 4.79 Å². The van der Waals surface area contributed by atoms with E-state index >= 15 is 0 Å². The minimum atomic E-state index is 0.0915. The summed E-state index contributed by atoms with van der Waals surface area (Å²) in [5.41, 5.74) is 6.75. The number of rotatable bonds is 4. The van der Waals surface area contributed by atoms with E-state index in [4.69, 9.17) is 5.73 Å². The highest BCUT2D eigenvalue weighted by molar-refractivity contribution is 9.10. The molecule has 0 radical (unpaired) electrons. The van der Waals surface area contributed by atoms with Gasteiger partial charge >= 0.3 is 6.03 Å². The summed E-state index contributed by atoms with van der Waals surface area (Å²) in [5.74, 6) is 0. The molecule has 19 heavy (non-hydrogen) atoms. The van der Waals surface area contributed by atoms with Crippen LogP contribution in [0.25, 0.3) is 0 Å². The summed E-state index contributed by atoms with van der Waals surface area (Å²) in [6.07, 6.45) is 0.840. The number of carbonyl (C=O) groups is 1. The Morgan fingerprint density at radius 2 is 2.05 bits per heavy atom. The first-order chi connectivity index (χ1) is 9.04. The van der Waals surface area contributed by atoms with Crippen molar-refractivity contribution in [2.75, 3.05) is 20.1 Å². The molecule has 0 bridgehead atoms. The van der Waals surface area contributed by atoms with Crippen molar-refractivity contribution >= 4 is 22.0 Å². The van der Waals surface area contributed by atoms with Crippen molar-refractivity contribution in [2.45, 2.75) is 25.4 Å². The number of halogens is 1. The van der Waals surface area contributed by atoms with E-state index in [2.05, 4.69) is 35.0 Å². The van der Waals surface area contributed by atoms with Gasteiger partial charge in [0.1, 0.15) is 0 Å². The van der Waals surface area contributed by atoms with Gasteiger partial charge in [-0.1, -0.05) is 28.1 Å². The van der Waals surface area contributed by atoms with Crippen molar-refractivity contribution in [3.05, 3.63) is 34.3 Å². The minimum Gasteiger partial charge on any atom is -0.330 e. The molecule has 1 aromatic rings. The normalized spacial score (nSPS) is 21.1. The molecule has 104 valence electrons. The lowest BCUT2D eigenvalue weighted by atomic mass is 10.1. The molecule has 0 spiro atoms. The van der Waals surface area contributed by atoms with Gasteiger partial charge in [-0.15, -0.1) is 0 Å². The molecule has 0 aromatic heterocycles. The average molecular weight is 326 g/mol. The van der Waals surface area contributed by atoms with E-state index < -0.39 is 0 Å². The van der Waals surface area contributed by atoms with Crippen LogP contribution in [0.5, 0.6) is 0 Å². The average Bonchev–Trinajstić information content (AvgIpc) is 2.68. The van der Waals surface area contributed by atoms with E-state index in [-0.39, 0.29) is 18.1 Å². The molecule has 1 aliphatic rings. The maximum absolute atomic E-state index is 12.3. The molecular formula is C14H20BrN3O. The van der Waals surface area contributed by atoms with Gasteiger partial charge in [0.15, 0.2) is 0 Å². The Morgan fingerprint density at radius 1 is 1.42 bits per heavy atom. The lowest BCUT2D eigenvalue weighted by molar-refractivity contribution is 0.182. The monoisotopic (exact) mass is 325 g/mol. The molecule has 2 atom stereocenters. The zero-order chi connectivity index (χ0) is 14.0. The predicted molar refractivity (Wildman–Crippen MR) is 79.9 cm³/mol. The number of benzene rings is 1. The molecular weight excluding hydrogens is 306 g/mol. The fourth-order valence-corrected chi connectivity index (χ4v) is 2.77. The number of likely N-dealkylation sites (N-methyl/N-ethyl adjacent to an activating group) is 1. The third-order valence-electron chi connectivity index (χ3n) is 3.76. The van der Waals surface area contributed by atoms with Crippen LogP contribution in [0.2, 0.25) is 0 Å². The van der Waals surface area contributed by atoms with Gasteiger partial charge in [-0.3, -0.25) is 0 Å². The van der Waals surface area contributed by atoms with E-state index in [9.17, 15) is 4.79 Å². The first kappa shape index (κ1) is 14.3. The predicted octanol–water partition coefficient (Wildman–Crippen LogP) is 2.59. The van der Waals surface area contributed by atoms with Gasteiger partial charge in [-0.25, -0.2) is 4.79 Å². The van der Waals surface area contributed by atoms with Gasteiger partial charge in [0.05, 0.1) is 6.04 Å². The van der Waals surface area contributed by atoms with Crippen molar-refractivity contribution in [3.8, 4) is 0 Å². The van der Waals surface area contributed by atoms with E-state index in [0.717, 1.165) is 17.4 Å². The van der Waals surface area contributed by atoms with Crippen LogP contribution in [-0.4, -0.2) is 42.0 Å². The minimum absolute atomic E-state index is 0.0915. The number of nitrogens with zero attached hydrogens (tertiary/aromatic N) is 2. The van der Waals surface area contributed by atoms with Crippen LogP contribution in [-0.2, 0) is 0 Å². The van der Waals surface area contributed by atoms with Crippen molar-refractivity contribution < 1.29 is 4.79 Å². The topological polar surface area (TPSA) is 49.6 Å². The van der Waals surface area contributed by atoms with Crippen molar-refractivity contribution in [1.82, 2.24) is 9.80 Å². The lowest BCUT2D eigenvalue weighted by Gasteiger charge is -2.23. The van der Waals surface area contributed by atoms with Gasteiger partial charge in [-0.05, 0) is 37.6 Å². The molecule has 5 heteroatoms. The Kier molecular flexibility index (Phi) is 4.47. The molecule has 2 unspecified atom stereocenters. The Balaban J connectivity index is 2.16. The standard InChI is InChI=1S/C14H20BrN3O/c1-10(7-8-16)18-9-13(17(2)14(18)19)11-3-5-12(15)6-4-11/h3-6,10,13H,7-9,16H2,1-2H3. The molecule has 1 fully saturated rings. The Hall–Kier alpha value is -1.07. The fraction of sp³-hybridized carbons (Fsp3) is 0.500. The Labute approximate surface area is 122 Å². The van der Waals surface area contributed by atoms with Crippen LogP contribution < -0.4 is 5.73 Å². The first-order valence-electron chi connectivity index (χ1n) is 6.53. The summed E-state index contributed by atoms with van der Waals surface area (Å²) in [6, 6.07) is 8.57. The molecule has 1 heterocycles. The second kappa shape index (κ2) is 5.92. The van der Waals surface area contributed by atoms with Crippen LogP contribution >= 0.6 is 15.9 Å². The van der Waals surface area contributed by atoms with Crippen LogP contribution in [0, 0.1) is 0 Å². The molecule has 0 saturated carbocycles. The summed E-state index contributed by atoms with van der Waals surface area (Å²) < 4.78 is 1.05. The molecule has 2 rings (SSSR count). The van der Waals surface area contributed by atoms with E-state index in [1.807, 2.05) is 29.0 Å². The van der Waals surface area contributed by atoms with Crippen molar-refractivity contribution in [3.63, 3.8) is 0 Å². The Morgan fingerprint density at radius 3 is 2.63 bits per heavy atom. The summed E-state index contributed by atoms with van der Waals surface area (Å²) in [6.45, 7) is 3.40. The number of hydrogen-bond acceptors (Lipinski definition) is 2. The van der Waals surface area contributed by atoms with Gasteiger partial charge in [0, 0.05) is 24.1 Å². The van der Waals surface area contributed by atoms with Gasteiger partial charge in [0.2, 0.25) is 0 Å². The molecule has 1 saturated heterocycles. The van der Waals surface area contributed by atoms with Crippen LogP contribution in [0.15, 0.2) is 28.7 Å². The number of urea groups is 1. The second-order valence-corrected chi connectivity index (χ2v) is 5.96. The molecule has 1 aliphatic heterocycles.